The van der Waals surface area contributed by atoms with E-state index in [0.717, 1.165) is 23.7 Å². The Morgan fingerprint density at radius 2 is 1.69 bits per heavy atom. The topological polar surface area (TPSA) is 0 Å². The molecular weight excluding hydrogens is 156 g/mol. The van der Waals surface area contributed by atoms with Gasteiger partial charge in [0.05, 0.1) is 0 Å². The van der Waals surface area contributed by atoms with E-state index in [-0.39, 0.29) is 0 Å². The molecular formula is C13H24. The highest BCUT2D eigenvalue weighted by Gasteiger charge is 2.23. The molecule has 0 heteroatoms. The normalized spacial score (nSPS) is 29.6. The summed E-state index contributed by atoms with van der Waals surface area (Å²) < 4.78 is 0. The molecule has 0 aromatic carbocycles. The molecule has 1 aliphatic carbocycles. The van der Waals surface area contributed by atoms with Gasteiger partial charge in [0.1, 0.15) is 0 Å². The molecule has 0 N–H and O–H groups in total. The van der Waals surface area contributed by atoms with Gasteiger partial charge in [0, 0.05) is 0 Å². The van der Waals surface area contributed by atoms with Gasteiger partial charge in [-0.1, -0.05) is 39.3 Å². The molecule has 0 radical (unpaired) electrons. The van der Waals surface area contributed by atoms with E-state index in [9.17, 15) is 0 Å². The monoisotopic (exact) mass is 180 g/mol. The highest BCUT2D eigenvalue weighted by Crippen LogP contribution is 2.35. The van der Waals surface area contributed by atoms with Crippen LogP contribution in [-0.4, -0.2) is 0 Å². The summed E-state index contributed by atoms with van der Waals surface area (Å²) in [7, 11) is 0. The summed E-state index contributed by atoms with van der Waals surface area (Å²) in [6, 6.07) is 0. The zero-order valence-corrected chi connectivity index (χ0v) is 9.80. The Morgan fingerprint density at radius 1 is 1.08 bits per heavy atom. The Bertz CT molecular complexity index is 186. The average Bonchev–Trinajstić information content (AvgIpc) is 2.03. The van der Waals surface area contributed by atoms with Gasteiger partial charge in [0.25, 0.3) is 0 Å². The van der Waals surface area contributed by atoms with Gasteiger partial charge in [-0.25, -0.2) is 0 Å². The molecule has 1 aliphatic rings. The van der Waals surface area contributed by atoms with E-state index in [0.29, 0.717) is 0 Å². The minimum absolute atomic E-state index is 0.822. The van der Waals surface area contributed by atoms with Crippen LogP contribution in [0.5, 0.6) is 0 Å². The first-order valence-corrected chi connectivity index (χ1v) is 5.70. The van der Waals surface area contributed by atoms with Crippen molar-refractivity contribution in [2.45, 2.75) is 47.5 Å². The predicted molar refractivity (Wildman–Crippen MR) is 59.6 cm³/mol. The molecule has 0 fully saturated rings. The summed E-state index contributed by atoms with van der Waals surface area (Å²) in [6.07, 6.45) is 5.33. The predicted octanol–water partition coefficient (Wildman–Crippen LogP) is 4.27. The Hall–Kier alpha value is -0.260. The minimum Gasteiger partial charge on any atom is -0.0819 e. The van der Waals surface area contributed by atoms with Gasteiger partial charge in [-0.2, -0.15) is 0 Å². The second kappa shape index (κ2) is 4.30. The zero-order chi connectivity index (χ0) is 10.0. The number of rotatable bonds is 2. The Balaban J connectivity index is 2.67. The van der Waals surface area contributed by atoms with Gasteiger partial charge in [-0.3, -0.25) is 0 Å². The van der Waals surface area contributed by atoms with E-state index < -0.39 is 0 Å². The van der Waals surface area contributed by atoms with Crippen LogP contribution in [0.2, 0.25) is 0 Å². The molecule has 2 unspecified atom stereocenters. The largest absolute Gasteiger partial charge is 0.0819 e. The van der Waals surface area contributed by atoms with Crippen molar-refractivity contribution in [3.63, 3.8) is 0 Å². The first-order valence-electron chi connectivity index (χ1n) is 5.70. The zero-order valence-electron chi connectivity index (χ0n) is 9.80. The summed E-state index contributed by atoms with van der Waals surface area (Å²) in [5.74, 6) is 3.34. The highest BCUT2D eigenvalue weighted by atomic mass is 14.3. The van der Waals surface area contributed by atoms with Crippen molar-refractivity contribution in [2.75, 3.05) is 0 Å². The van der Waals surface area contributed by atoms with Gasteiger partial charge in [-0.15, -0.1) is 0 Å². The fraction of sp³-hybridized carbons (Fsp3) is 0.846. The number of allylic oxidation sites excluding steroid dienone is 2. The maximum atomic E-state index is 2.53. The Labute approximate surface area is 83.4 Å². The number of hydrogen-bond acceptors (Lipinski definition) is 0. The molecule has 13 heavy (non-hydrogen) atoms. The van der Waals surface area contributed by atoms with Crippen molar-refractivity contribution in [3.8, 4) is 0 Å². The molecule has 76 valence electrons. The van der Waals surface area contributed by atoms with Gasteiger partial charge >= 0.3 is 0 Å². The molecule has 0 saturated heterocycles. The van der Waals surface area contributed by atoms with E-state index >= 15 is 0 Å². The van der Waals surface area contributed by atoms with Gasteiger partial charge in [0.2, 0.25) is 0 Å². The molecule has 0 saturated carbocycles. The van der Waals surface area contributed by atoms with Crippen LogP contribution in [0.4, 0.5) is 0 Å². The van der Waals surface area contributed by atoms with E-state index in [1.807, 2.05) is 0 Å². The maximum absolute atomic E-state index is 2.53. The van der Waals surface area contributed by atoms with Crippen molar-refractivity contribution in [3.05, 3.63) is 11.6 Å². The fourth-order valence-corrected chi connectivity index (χ4v) is 2.53. The Kier molecular flexibility index (Phi) is 3.58. The molecule has 0 amide bonds. The van der Waals surface area contributed by atoms with Crippen LogP contribution >= 0.6 is 0 Å². The highest BCUT2D eigenvalue weighted by molar-refractivity contribution is 5.10. The van der Waals surface area contributed by atoms with Crippen LogP contribution in [0.1, 0.15) is 47.5 Å². The first kappa shape index (κ1) is 10.8. The second-order valence-electron chi connectivity index (χ2n) is 5.25. The summed E-state index contributed by atoms with van der Waals surface area (Å²) >= 11 is 0. The van der Waals surface area contributed by atoms with Crippen molar-refractivity contribution >= 4 is 0 Å². The van der Waals surface area contributed by atoms with E-state index in [1.165, 1.54) is 12.8 Å². The minimum atomic E-state index is 0.822. The van der Waals surface area contributed by atoms with Gasteiger partial charge < -0.3 is 0 Å². The van der Waals surface area contributed by atoms with Crippen LogP contribution in [0.3, 0.4) is 0 Å². The van der Waals surface area contributed by atoms with Crippen molar-refractivity contribution in [1.29, 1.82) is 0 Å². The second-order valence-corrected chi connectivity index (χ2v) is 5.25. The van der Waals surface area contributed by atoms with Crippen LogP contribution in [0.25, 0.3) is 0 Å². The first-order chi connectivity index (χ1) is 6.02. The molecule has 0 heterocycles. The third-order valence-corrected chi connectivity index (χ3v) is 3.53. The maximum Gasteiger partial charge on any atom is -0.0183 e. The standard InChI is InChI=1S/C13H24/c1-9(2)12-6-7-13(10(3)4)11(5)8-12/h8-10,12-13H,6-7H2,1-5H3. The molecule has 0 aromatic rings. The molecule has 0 bridgehead atoms. The smallest absolute Gasteiger partial charge is 0.0183 e. The molecule has 0 nitrogen and oxygen atoms in total. The third-order valence-electron chi connectivity index (χ3n) is 3.53. The van der Waals surface area contributed by atoms with Crippen molar-refractivity contribution in [2.24, 2.45) is 23.7 Å². The summed E-state index contributed by atoms with van der Waals surface area (Å²) in [5, 5.41) is 0. The molecule has 1 rings (SSSR count). The van der Waals surface area contributed by atoms with Crippen molar-refractivity contribution < 1.29 is 0 Å². The number of hydrogen-bond donors (Lipinski definition) is 0. The lowest BCUT2D eigenvalue weighted by Crippen LogP contribution is -2.20. The van der Waals surface area contributed by atoms with Crippen LogP contribution in [0, 0.1) is 23.7 Å². The molecule has 2 atom stereocenters. The van der Waals surface area contributed by atoms with E-state index in [2.05, 4.69) is 40.7 Å². The lowest BCUT2D eigenvalue weighted by molar-refractivity contribution is 0.316. The summed E-state index contributed by atoms with van der Waals surface area (Å²) in [4.78, 5) is 0. The van der Waals surface area contributed by atoms with E-state index in [4.69, 9.17) is 0 Å². The Morgan fingerprint density at radius 3 is 2.08 bits per heavy atom. The lowest BCUT2D eigenvalue weighted by atomic mass is 9.74. The third kappa shape index (κ3) is 2.59. The van der Waals surface area contributed by atoms with Crippen LogP contribution in [-0.2, 0) is 0 Å². The summed E-state index contributed by atoms with van der Waals surface area (Å²) in [6.45, 7) is 11.7. The van der Waals surface area contributed by atoms with Crippen LogP contribution in [0.15, 0.2) is 11.6 Å². The molecule has 0 aromatic heterocycles. The van der Waals surface area contributed by atoms with Crippen molar-refractivity contribution in [1.82, 2.24) is 0 Å². The molecule has 0 spiro atoms. The molecule has 0 aliphatic heterocycles. The quantitative estimate of drug-likeness (QED) is 0.557. The van der Waals surface area contributed by atoms with Gasteiger partial charge in [0.15, 0.2) is 0 Å². The van der Waals surface area contributed by atoms with Gasteiger partial charge in [-0.05, 0) is 43.4 Å². The lowest BCUT2D eigenvalue weighted by Gasteiger charge is -2.31. The summed E-state index contributed by atoms with van der Waals surface area (Å²) in [5.41, 5.74) is 1.64. The average molecular weight is 180 g/mol. The van der Waals surface area contributed by atoms with E-state index in [1.54, 1.807) is 5.57 Å². The fourth-order valence-electron chi connectivity index (χ4n) is 2.53. The van der Waals surface area contributed by atoms with Crippen LogP contribution < -0.4 is 0 Å². The SMILES string of the molecule is CC1=CC(C(C)C)CCC1C(C)C.